The molecule has 2 heterocycles. The molecule has 2 aliphatic rings. The number of carbonyl (C=O) groups excluding carboxylic acids is 1. The molecule has 4 rings (SSSR count). The van der Waals surface area contributed by atoms with Crippen molar-refractivity contribution in [1.82, 2.24) is 20.1 Å². The molecule has 1 amide bonds. The molecule has 0 bridgehead atoms. The molecule has 0 unspecified atom stereocenters. The quantitative estimate of drug-likeness (QED) is 0.938. The van der Waals surface area contributed by atoms with Gasteiger partial charge in [0.1, 0.15) is 11.9 Å². The lowest BCUT2D eigenvalue weighted by molar-refractivity contribution is -0.139. The molecule has 1 saturated heterocycles. The molecule has 0 saturated carbocycles. The van der Waals surface area contributed by atoms with E-state index < -0.39 is 0 Å². The van der Waals surface area contributed by atoms with Gasteiger partial charge >= 0.3 is 0 Å². The maximum absolute atomic E-state index is 12.8. The van der Waals surface area contributed by atoms with Gasteiger partial charge in [-0.2, -0.15) is 5.10 Å². The number of nitrogens with one attached hydrogen (secondary N) is 1. The molecule has 0 radical (unpaired) electrons. The third-order valence-electron chi connectivity index (χ3n) is 5.00. The minimum atomic E-state index is -0.233. The minimum Gasteiger partial charge on any atom is -0.366 e. The largest absolute Gasteiger partial charge is 0.366 e. The predicted octanol–water partition coefficient (Wildman–Crippen LogP) is 2.13. The molecule has 6 heteroatoms. The van der Waals surface area contributed by atoms with Crippen molar-refractivity contribution in [3.05, 3.63) is 47.0 Å². The van der Waals surface area contributed by atoms with Crippen molar-refractivity contribution in [3.63, 3.8) is 0 Å². The van der Waals surface area contributed by atoms with E-state index in [4.69, 9.17) is 4.74 Å². The Morgan fingerprint density at radius 2 is 2.29 bits per heavy atom. The predicted molar refractivity (Wildman–Crippen MR) is 88.5 cm³/mol. The number of morpholine rings is 1. The fourth-order valence-corrected chi connectivity index (χ4v) is 3.73. The Labute approximate surface area is 141 Å². The van der Waals surface area contributed by atoms with Gasteiger partial charge < -0.3 is 9.64 Å². The summed E-state index contributed by atoms with van der Waals surface area (Å²) in [5.41, 5.74) is 2.74. The summed E-state index contributed by atoms with van der Waals surface area (Å²) in [5.74, 6) is 1.95. The van der Waals surface area contributed by atoms with Crippen LogP contribution in [0.25, 0.3) is 0 Å². The second-order valence-electron chi connectivity index (χ2n) is 6.62. The zero-order valence-electron chi connectivity index (χ0n) is 13.9. The Hall–Kier alpha value is -2.21. The van der Waals surface area contributed by atoms with Gasteiger partial charge in [0.15, 0.2) is 5.82 Å². The zero-order chi connectivity index (χ0) is 16.5. The summed E-state index contributed by atoms with van der Waals surface area (Å²) in [6.45, 7) is 3.57. The Morgan fingerprint density at radius 1 is 1.42 bits per heavy atom. The van der Waals surface area contributed by atoms with E-state index in [-0.39, 0.29) is 12.0 Å². The molecular weight excluding hydrogens is 304 g/mol. The van der Waals surface area contributed by atoms with Crippen LogP contribution in [-0.4, -0.2) is 45.7 Å². The standard InChI is InChI=1S/C18H22N4O2/c1-12-19-18(21-20-12)16-11-22(8-9-24-16)17(23)10-14-7-6-13-4-2-3-5-15(13)14/h2-5,14,16H,6-11H2,1H3,(H,19,20,21)/t14-,16-/m1/s1. The van der Waals surface area contributed by atoms with Crippen LogP contribution in [0.3, 0.4) is 0 Å². The molecular formula is C18H22N4O2. The van der Waals surface area contributed by atoms with Crippen molar-refractivity contribution in [2.45, 2.75) is 38.2 Å². The fourth-order valence-electron chi connectivity index (χ4n) is 3.73. The molecule has 2 aromatic rings. The number of nitrogens with zero attached hydrogens (tertiary/aromatic N) is 3. The average Bonchev–Trinajstić information content (AvgIpc) is 3.22. The van der Waals surface area contributed by atoms with Crippen LogP contribution >= 0.6 is 0 Å². The number of amides is 1. The van der Waals surface area contributed by atoms with Crippen molar-refractivity contribution in [2.24, 2.45) is 0 Å². The second kappa shape index (κ2) is 6.36. The lowest BCUT2D eigenvalue weighted by Gasteiger charge is -2.32. The van der Waals surface area contributed by atoms with Crippen molar-refractivity contribution < 1.29 is 9.53 Å². The lowest BCUT2D eigenvalue weighted by atomic mass is 9.97. The number of benzene rings is 1. The molecule has 126 valence electrons. The van der Waals surface area contributed by atoms with Gasteiger partial charge in [-0.1, -0.05) is 24.3 Å². The normalized spacial score (nSPS) is 23.3. The molecule has 24 heavy (non-hydrogen) atoms. The third-order valence-corrected chi connectivity index (χ3v) is 5.00. The highest BCUT2D eigenvalue weighted by Gasteiger charge is 2.31. The number of fused-ring (bicyclic) bond motifs is 1. The highest BCUT2D eigenvalue weighted by atomic mass is 16.5. The molecule has 2 atom stereocenters. The smallest absolute Gasteiger partial charge is 0.223 e. The first-order chi connectivity index (χ1) is 11.7. The van der Waals surface area contributed by atoms with E-state index in [1.807, 2.05) is 11.8 Å². The van der Waals surface area contributed by atoms with E-state index in [9.17, 15) is 4.79 Å². The number of hydrogen-bond acceptors (Lipinski definition) is 4. The van der Waals surface area contributed by atoms with Crippen LogP contribution in [0.5, 0.6) is 0 Å². The third kappa shape index (κ3) is 2.94. The first-order valence-corrected chi connectivity index (χ1v) is 8.57. The molecule has 1 aliphatic heterocycles. The van der Waals surface area contributed by atoms with Crippen LogP contribution in [-0.2, 0) is 16.0 Å². The molecule has 1 N–H and O–H groups in total. The van der Waals surface area contributed by atoms with Gasteiger partial charge in [0.2, 0.25) is 5.91 Å². The van der Waals surface area contributed by atoms with E-state index in [1.54, 1.807) is 0 Å². The summed E-state index contributed by atoms with van der Waals surface area (Å²) < 4.78 is 5.75. The van der Waals surface area contributed by atoms with Crippen LogP contribution < -0.4 is 0 Å². The van der Waals surface area contributed by atoms with E-state index >= 15 is 0 Å². The topological polar surface area (TPSA) is 71.1 Å². The van der Waals surface area contributed by atoms with E-state index in [0.717, 1.165) is 18.7 Å². The molecule has 1 fully saturated rings. The number of aromatic amines is 1. The Balaban J connectivity index is 1.41. The first kappa shape index (κ1) is 15.3. The summed E-state index contributed by atoms with van der Waals surface area (Å²) in [7, 11) is 0. The van der Waals surface area contributed by atoms with Crippen LogP contribution in [0.1, 0.15) is 47.6 Å². The fraction of sp³-hybridized carbons (Fsp3) is 0.500. The number of aryl methyl sites for hydroxylation is 2. The van der Waals surface area contributed by atoms with Gasteiger partial charge in [-0.25, -0.2) is 4.98 Å². The van der Waals surface area contributed by atoms with Gasteiger partial charge in [0.25, 0.3) is 0 Å². The number of carbonyl (C=O) groups is 1. The Morgan fingerprint density at radius 3 is 3.12 bits per heavy atom. The summed E-state index contributed by atoms with van der Waals surface area (Å²) in [4.78, 5) is 19.0. The zero-order valence-corrected chi connectivity index (χ0v) is 13.9. The van der Waals surface area contributed by atoms with Crippen LogP contribution in [0.4, 0.5) is 0 Å². The molecule has 0 spiro atoms. The van der Waals surface area contributed by atoms with Crippen LogP contribution in [0.15, 0.2) is 24.3 Å². The first-order valence-electron chi connectivity index (χ1n) is 8.57. The van der Waals surface area contributed by atoms with Gasteiger partial charge in [-0.15, -0.1) is 0 Å². The molecule has 1 aliphatic carbocycles. The van der Waals surface area contributed by atoms with Crippen LogP contribution in [0.2, 0.25) is 0 Å². The number of aromatic nitrogens is 3. The maximum Gasteiger partial charge on any atom is 0.223 e. The van der Waals surface area contributed by atoms with Crippen molar-refractivity contribution in [2.75, 3.05) is 19.7 Å². The van der Waals surface area contributed by atoms with Crippen molar-refractivity contribution in [3.8, 4) is 0 Å². The Bertz CT molecular complexity index is 742. The summed E-state index contributed by atoms with van der Waals surface area (Å²) in [6.07, 6.45) is 2.50. The van der Waals surface area contributed by atoms with Crippen molar-refractivity contribution >= 4 is 5.91 Å². The van der Waals surface area contributed by atoms with Gasteiger partial charge in [-0.3, -0.25) is 9.89 Å². The Kier molecular flexibility index (Phi) is 4.06. The van der Waals surface area contributed by atoms with Crippen molar-refractivity contribution in [1.29, 1.82) is 0 Å². The highest BCUT2D eigenvalue weighted by Crippen LogP contribution is 2.35. The van der Waals surface area contributed by atoms with E-state index in [1.165, 1.54) is 11.1 Å². The maximum atomic E-state index is 12.8. The average molecular weight is 326 g/mol. The number of H-pyrrole nitrogens is 1. The summed E-state index contributed by atoms with van der Waals surface area (Å²) >= 11 is 0. The highest BCUT2D eigenvalue weighted by molar-refractivity contribution is 5.77. The SMILES string of the molecule is Cc1nc([C@H]2CN(C(=O)C[C@H]3CCc4ccccc43)CCO2)n[nH]1. The molecule has 1 aromatic heterocycles. The number of ether oxygens (including phenoxy) is 1. The van der Waals surface area contributed by atoms with Gasteiger partial charge in [0, 0.05) is 13.0 Å². The summed E-state index contributed by atoms with van der Waals surface area (Å²) in [5, 5.41) is 7.00. The van der Waals surface area contributed by atoms with E-state index in [2.05, 4.69) is 39.4 Å². The van der Waals surface area contributed by atoms with Gasteiger partial charge in [-0.05, 0) is 36.8 Å². The number of rotatable bonds is 3. The van der Waals surface area contributed by atoms with E-state index in [0.29, 0.717) is 37.9 Å². The lowest BCUT2D eigenvalue weighted by Crippen LogP contribution is -2.42. The molecule has 1 aromatic carbocycles. The number of hydrogen-bond donors (Lipinski definition) is 1. The minimum absolute atomic E-state index is 0.206. The van der Waals surface area contributed by atoms with Crippen LogP contribution in [0, 0.1) is 6.92 Å². The van der Waals surface area contributed by atoms with Gasteiger partial charge in [0.05, 0.1) is 13.2 Å². The second-order valence-corrected chi connectivity index (χ2v) is 6.62. The summed E-state index contributed by atoms with van der Waals surface area (Å²) in [6, 6.07) is 8.49. The monoisotopic (exact) mass is 326 g/mol. The molecule has 6 nitrogen and oxygen atoms in total.